The van der Waals surface area contributed by atoms with Gasteiger partial charge < -0.3 is 10.2 Å². The number of rotatable bonds is 13. The fraction of sp³-hybridized carbons (Fsp3) is 0.375. The van der Waals surface area contributed by atoms with Gasteiger partial charge in [-0.05, 0) is 49.1 Å². The highest BCUT2D eigenvalue weighted by Crippen LogP contribution is 2.31. The van der Waals surface area contributed by atoms with Crippen LogP contribution in [0.25, 0.3) is 0 Å². The van der Waals surface area contributed by atoms with Gasteiger partial charge in [0, 0.05) is 42.6 Å². The molecule has 0 aromatic heterocycles. The van der Waals surface area contributed by atoms with Gasteiger partial charge in [0.25, 0.3) is 0 Å². The maximum Gasteiger partial charge on any atom is 0.243 e. The van der Waals surface area contributed by atoms with Crippen molar-refractivity contribution >= 4 is 50.7 Å². The fourth-order valence-corrected chi connectivity index (χ4v) is 6.80. The van der Waals surface area contributed by atoms with Gasteiger partial charge in [0.2, 0.25) is 21.8 Å². The van der Waals surface area contributed by atoms with Crippen molar-refractivity contribution in [2.24, 2.45) is 0 Å². The molecule has 1 saturated carbocycles. The molecule has 11 heteroatoms. The third kappa shape index (κ3) is 9.17. The molecule has 0 heterocycles. The molecule has 1 unspecified atom stereocenters. The number of nitrogens with zero attached hydrogens (tertiary/aromatic N) is 2. The molecule has 3 aromatic rings. The Morgan fingerprint density at radius 1 is 1.00 bits per heavy atom. The molecule has 4 rings (SSSR count). The minimum atomic E-state index is -3.76. The molecule has 1 aliphatic rings. The summed E-state index contributed by atoms with van der Waals surface area (Å²) in [6.07, 6.45) is 5.15. The van der Waals surface area contributed by atoms with E-state index in [1.54, 1.807) is 24.3 Å². The van der Waals surface area contributed by atoms with Crippen molar-refractivity contribution in [3.63, 3.8) is 0 Å². The summed E-state index contributed by atoms with van der Waals surface area (Å²) < 4.78 is 41.3. The normalized spacial score (nSPS) is 14.3. The second kappa shape index (κ2) is 15.0. The molecule has 2 amide bonds. The van der Waals surface area contributed by atoms with E-state index in [2.05, 4.69) is 5.32 Å². The summed E-state index contributed by atoms with van der Waals surface area (Å²) in [6.45, 7) is -0.160. The van der Waals surface area contributed by atoms with Gasteiger partial charge in [-0.1, -0.05) is 84.6 Å². The summed E-state index contributed by atoms with van der Waals surface area (Å²) in [6, 6.07) is 19.2. The Morgan fingerprint density at radius 2 is 1.67 bits per heavy atom. The van der Waals surface area contributed by atoms with Crippen LogP contribution in [0.1, 0.15) is 49.7 Å². The van der Waals surface area contributed by atoms with Gasteiger partial charge in [-0.3, -0.25) is 13.9 Å². The Kier molecular flexibility index (Phi) is 11.5. The van der Waals surface area contributed by atoms with E-state index >= 15 is 0 Å². The quantitative estimate of drug-likeness (QED) is 0.233. The molecular formula is C32H36Cl2FN3O4S. The van der Waals surface area contributed by atoms with Crippen LogP contribution in [0.15, 0.2) is 72.8 Å². The Bertz CT molecular complexity index is 1520. The average Bonchev–Trinajstić information content (AvgIpc) is 3.48. The standard InChI is InChI=1S/C32H36Cl2FN3O4S/c1-43(41,42)38(29-21-25(33)17-18-27(29)34)19-9-16-31(39)37(22-24-12-5-8-15-28(24)35)30(20-23-10-3-2-4-11-23)32(40)36-26-13-6-7-14-26/h2-5,8,10-12,15,17-18,21,26,30H,6-7,9,13-14,16,19-20,22H2,1H3,(H,36,40). The van der Waals surface area contributed by atoms with Gasteiger partial charge in [0.05, 0.1) is 17.0 Å². The zero-order valence-corrected chi connectivity index (χ0v) is 26.3. The second-order valence-electron chi connectivity index (χ2n) is 10.8. The predicted molar refractivity (Wildman–Crippen MR) is 169 cm³/mol. The Hall–Kier alpha value is -3.14. The topological polar surface area (TPSA) is 86.8 Å². The molecule has 0 radical (unpaired) electrons. The first kappa shape index (κ1) is 32.8. The summed E-state index contributed by atoms with van der Waals surface area (Å²) in [7, 11) is -3.76. The summed E-state index contributed by atoms with van der Waals surface area (Å²) in [5.74, 6) is -1.16. The number of nitrogens with one attached hydrogen (secondary N) is 1. The Morgan fingerprint density at radius 3 is 2.35 bits per heavy atom. The molecule has 0 aliphatic heterocycles. The summed E-state index contributed by atoms with van der Waals surface area (Å²) >= 11 is 12.4. The van der Waals surface area contributed by atoms with Crippen molar-refractivity contribution in [1.82, 2.24) is 10.2 Å². The monoisotopic (exact) mass is 647 g/mol. The highest BCUT2D eigenvalue weighted by Gasteiger charge is 2.32. The summed E-state index contributed by atoms with van der Waals surface area (Å²) in [4.78, 5) is 29.1. The van der Waals surface area contributed by atoms with Gasteiger partial charge >= 0.3 is 0 Å². The van der Waals surface area contributed by atoms with Crippen molar-refractivity contribution in [2.45, 2.75) is 63.6 Å². The number of carbonyl (C=O) groups is 2. The number of hydrogen-bond donors (Lipinski definition) is 1. The van der Waals surface area contributed by atoms with Crippen molar-refractivity contribution in [3.8, 4) is 0 Å². The van der Waals surface area contributed by atoms with Crippen LogP contribution in [-0.2, 0) is 32.6 Å². The van der Waals surface area contributed by atoms with E-state index in [-0.39, 0.29) is 60.6 Å². The van der Waals surface area contributed by atoms with Crippen LogP contribution >= 0.6 is 23.2 Å². The van der Waals surface area contributed by atoms with Crippen LogP contribution < -0.4 is 9.62 Å². The van der Waals surface area contributed by atoms with Gasteiger partial charge in [0.15, 0.2) is 0 Å². The zero-order chi connectivity index (χ0) is 31.0. The number of halogens is 3. The van der Waals surface area contributed by atoms with Crippen LogP contribution in [0.4, 0.5) is 10.1 Å². The lowest BCUT2D eigenvalue weighted by Gasteiger charge is -2.33. The lowest BCUT2D eigenvalue weighted by atomic mass is 10.0. The van der Waals surface area contributed by atoms with Gasteiger partial charge in [-0.25, -0.2) is 12.8 Å². The van der Waals surface area contributed by atoms with Gasteiger partial charge in [-0.15, -0.1) is 0 Å². The fourth-order valence-electron chi connectivity index (χ4n) is 5.39. The highest BCUT2D eigenvalue weighted by atomic mass is 35.5. The molecule has 0 saturated heterocycles. The molecule has 0 spiro atoms. The van der Waals surface area contributed by atoms with E-state index in [9.17, 15) is 22.4 Å². The first-order valence-corrected chi connectivity index (χ1v) is 16.9. The second-order valence-corrected chi connectivity index (χ2v) is 13.6. The first-order chi connectivity index (χ1) is 20.5. The predicted octanol–water partition coefficient (Wildman–Crippen LogP) is 6.38. The van der Waals surface area contributed by atoms with E-state index in [0.717, 1.165) is 41.8 Å². The third-order valence-corrected chi connectivity index (χ3v) is 9.33. The van der Waals surface area contributed by atoms with Crippen LogP contribution in [0.2, 0.25) is 10.0 Å². The maximum atomic E-state index is 14.8. The maximum absolute atomic E-state index is 14.8. The van der Waals surface area contributed by atoms with Crippen molar-refractivity contribution in [2.75, 3.05) is 17.1 Å². The van der Waals surface area contributed by atoms with E-state index < -0.39 is 27.8 Å². The molecule has 43 heavy (non-hydrogen) atoms. The lowest BCUT2D eigenvalue weighted by Crippen LogP contribution is -2.52. The lowest BCUT2D eigenvalue weighted by molar-refractivity contribution is -0.141. The molecule has 1 fully saturated rings. The SMILES string of the molecule is CS(=O)(=O)N(CCCC(=O)N(Cc1ccccc1F)C(Cc1ccccc1)C(=O)NC1CCCC1)c1cc(Cl)ccc1Cl. The van der Waals surface area contributed by atoms with Crippen molar-refractivity contribution < 1.29 is 22.4 Å². The number of hydrogen-bond acceptors (Lipinski definition) is 4. The molecule has 3 aromatic carbocycles. The number of anilines is 1. The van der Waals surface area contributed by atoms with E-state index in [1.165, 1.54) is 23.1 Å². The molecule has 0 bridgehead atoms. The van der Waals surface area contributed by atoms with Gasteiger partial charge in [0.1, 0.15) is 11.9 Å². The van der Waals surface area contributed by atoms with E-state index in [4.69, 9.17) is 23.2 Å². The number of benzene rings is 3. The van der Waals surface area contributed by atoms with E-state index in [1.807, 2.05) is 30.3 Å². The highest BCUT2D eigenvalue weighted by molar-refractivity contribution is 7.92. The third-order valence-electron chi connectivity index (χ3n) is 7.60. The van der Waals surface area contributed by atoms with Gasteiger partial charge in [-0.2, -0.15) is 0 Å². The number of sulfonamides is 1. The van der Waals surface area contributed by atoms with Crippen LogP contribution in [-0.4, -0.2) is 50.0 Å². The largest absolute Gasteiger partial charge is 0.352 e. The molecule has 1 N–H and O–H groups in total. The van der Waals surface area contributed by atoms with Crippen LogP contribution in [0, 0.1) is 5.82 Å². The number of carbonyl (C=O) groups excluding carboxylic acids is 2. The zero-order valence-electron chi connectivity index (χ0n) is 24.0. The Labute approximate surface area is 263 Å². The summed E-state index contributed by atoms with van der Waals surface area (Å²) in [5.41, 5.74) is 1.36. The smallest absolute Gasteiger partial charge is 0.243 e. The van der Waals surface area contributed by atoms with Crippen molar-refractivity contribution in [3.05, 3.63) is 99.8 Å². The molecule has 230 valence electrons. The average molecular weight is 649 g/mol. The van der Waals surface area contributed by atoms with Crippen LogP contribution in [0.5, 0.6) is 0 Å². The van der Waals surface area contributed by atoms with E-state index in [0.29, 0.717) is 5.02 Å². The molecular weight excluding hydrogens is 612 g/mol. The van der Waals surface area contributed by atoms with Crippen LogP contribution in [0.3, 0.4) is 0 Å². The first-order valence-electron chi connectivity index (χ1n) is 14.3. The molecule has 1 atom stereocenters. The minimum absolute atomic E-state index is 0.0296. The Balaban J connectivity index is 1.61. The van der Waals surface area contributed by atoms with Crippen molar-refractivity contribution in [1.29, 1.82) is 0 Å². The minimum Gasteiger partial charge on any atom is -0.352 e. The molecule has 1 aliphatic carbocycles. The number of amides is 2. The summed E-state index contributed by atoms with van der Waals surface area (Å²) in [5, 5.41) is 3.64. The molecule has 7 nitrogen and oxygen atoms in total.